The van der Waals surface area contributed by atoms with E-state index in [1.165, 1.54) is 12.8 Å². The molecule has 4 unspecified atom stereocenters. The molecule has 1 saturated carbocycles. The molecule has 2 aliphatic rings. The normalized spacial score (nSPS) is 32.2. The van der Waals surface area contributed by atoms with Crippen LogP contribution in [0.4, 0.5) is 0 Å². The predicted molar refractivity (Wildman–Crippen MR) is 68.5 cm³/mol. The lowest BCUT2D eigenvalue weighted by molar-refractivity contribution is 0.324. The second-order valence-corrected chi connectivity index (χ2v) is 5.49. The third-order valence-corrected chi connectivity index (χ3v) is 4.37. The van der Waals surface area contributed by atoms with Crippen molar-refractivity contribution in [1.82, 2.24) is 14.9 Å². The summed E-state index contributed by atoms with van der Waals surface area (Å²) in [6.07, 6.45) is 13.4. The van der Waals surface area contributed by atoms with Crippen molar-refractivity contribution in [3.05, 3.63) is 30.9 Å². The summed E-state index contributed by atoms with van der Waals surface area (Å²) < 4.78 is 2.13. The number of nitrogens with zero attached hydrogens (tertiary/aromatic N) is 2. The molecule has 2 aliphatic carbocycles. The van der Waals surface area contributed by atoms with Crippen LogP contribution in [0.3, 0.4) is 0 Å². The Bertz CT molecular complexity index is 382. The van der Waals surface area contributed by atoms with E-state index in [1.54, 1.807) is 0 Å². The maximum Gasteiger partial charge on any atom is 0.0946 e. The molecule has 0 radical (unpaired) electrons. The first-order chi connectivity index (χ1) is 8.33. The summed E-state index contributed by atoms with van der Waals surface area (Å²) in [6, 6.07) is 0.637. The van der Waals surface area contributed by atoms with Crippen LogP contribution in [-0.2, 0) is 6.54 Å². The number of rotatable bonds is 5. The minimum Gasteiger partial charge on any atom is -0.336 e. The number of imidazole rings is 1. The van der Waals surface area contributed by atoms with Crippen molar-refractivity contribution in [3.8, 4) is 0 Å². The van der Waals surface area contributed by atoms with Crippen LogP contribution in [0.2, 0.25) is 0 Å². The summed E-state index contributed by atoms with van der Waals surface area (Å²) in [7, 11) is 0. The number of hydrogen-bond donors (Lipinski definition) is 1. The van der Waals surface area contributed by atoms with Gasteiger partial charge in [-0.2, -0.15) is 0 Å². The molecule has 0 aromatic carbocycles. The van der Waals surface area contributed by atoms with Crippen LogP contribution in [0.25, 0.3) is 0 Å². The maximum atomic E-state index is 4.05. The van der Waals surface area contributed by atoms with E-state index in [9.17, 15) is 0 Å². The highest BCUT2D eigenvalue weighted by atomic mass is 15.0. The quantitative estimate of drug-likeness (QED) is 0.786. The topological polar surface area (TPSA) is 29.9 Å². The fourth-order valence-corrected chi connectivity index (χ4v) is 3.39. The van der Waals surface area contributed by atoms with Gasteiger partial charge in [-0.25, -0.2) is 4.98 Å². The highest BCUT2D eigenvalue weighted by Crippen LogP contribution is 2.44. The van der Waals surface area contributed by atoms with Crippen LogP contribution < -0.4 is 5.32 Å². The van der Waals surface area contributed by atoms with E-state index in [4.69, 9.17) is 0 Å². The van der Waals surface area contributed by atoms with Gasteiger partial charge in [0.2, 0.25) is 0 Å². The molecule has 3 heteroatoms. The average Bonchev–Trinajstić information content (AvgIpc) is 3.05. The second-order valence-electron chi connectivity index (χ2n) is 5.49. The Morgan fingerprint density at radius 2 is 2.35 bits per heavy atom. The molecule has 1 N–H and O–H groups in total. The lowest BCUT2D eigenvalue weighted by atomic mass is 9.87. The first kappa shape index (κ1) is 11.0. The molecule has 1 fully saturated rings. The van der Waals surface area contributed by atoms with E-state index in [0.717, 1.165) is 30.8 Å². The zero-order valence-electron chi connectivity index (χ0n) is 10.4. The zero-order valence-corrected chi connectivity index (χ0v) is 10.4. The predicted octanol–water partition coefficient (Wildman–Crippen LogP) is 2.07. The van der Waals surface area contributed by atoms with Crippen molar-refractivity contribution in [2.75, 3.05) is 6.54 Å². The Kier molecular flexibility index (Phi) is 3.02. The first-order valence-electron chi connectivity index (χ1n) is 6.70. The first-order valence-corrected chi connectivity index (χ1v) is 6.70. The Morgan fingerprint density at radius 3 is 3.00 bits per heavy atom. The van der Waals surface area contributed by atoms with Gasteiger partial charge >= 0.3 is 0 Å². The summed E-state index contributed by atoms with van der Waals surface area (Å²) in [5.74, 6) is 2.58. The van der Waals surface area contributed by atoms with Gasteiger partial charge in [0.05, 0.1) is 6.33 Å². The number of allylic oxidation sites excluding steroid dienone is 2. The molecular weight excluding hydrogens is 210 g/mol. The Hall–Kier alpha value is -1.09. The third-order valence-electron chi connectivity index (χ3n) is 4.37. The van der Waals surface area contributed by atoms with Crippen molar-refractivity contribution in [1.29, 1.82) is 0 Å². The molecule has 1 aromatic rings. The van der Waals surface area contributed by atoms with Crippen LogP contribution in [0.15, 0.2) is 30.9 Å². The van der Waals surface area contributed by atoms with Crippen LogP contribution >= 0.6 is 0 Å². The number of fused-ring (bicyclic) bond motifs is 2. The average molecular weight is 231 g/mol. The molecule has 92 valence electrons. The van der Waals surface area contributed by atoms with Gasteiger partial charge in [-0.15, -0.1) is 0 Å². The molecule has 0 saturated heterocycles. The summed E-state index contributed by atoms with van der Waals surface area (Å²) in [5.41, 5.74) is 0. The third kappa shape index (κ3) is 2.29. The van der Waals surface area contributed by atoms with Crippen molar-refractivity contribution in [2.24, 2.45) is 17.8 Å². The van der Waals surface area contributed by atoms with Crippen LogP contribution in [0.5, 0.6) is 0 Å². The number of nitrogens with one attached hydrogen (secondary N) is 1. The van der Waals surface area contributed by atoms with Crippen molar-refractivity contribution in [2.45, 2.75) is 32.4 Å². The standard InChI is InChI=1S/C14H21N3/c1-11(14-9-12-2-3-13(14)8-12)16-5-7-17-6-4-15-10-17/h2-4,6,10-14,16H,5,7-9H2,1H3. The van der Waals surface area contributed by atoms with E-state index in [1.807, 2.05) is 18.7 Å². The molecule has 1 aromatic heterocycles. The maximum absolute atomic E-state index is 4.05. The van der Waals surface area contributed by atoms with Crippen LogP contribution in [0, 0.1) is 17.8 Å². The minimum absolute atomic E-state index is 0.637. The molecule has 2 bridgehead atoms. The van der Waals surface area contributed by atoms with E-state index >= 15 is 0 Å². The fourth-order valence-electron chi connectivity index (χ4n) is 3.39. The lowest BCUT2D eigenvalue weighted by Gasteiger charge is -2.26. The molecule has 0 amide bonds. The number of hydrogen-bond acceptors (Lipinski definition) is 2. The molecule has 3 rings (SSSR count). The van der Waals surface area contributed by atoms with Gasteiger partial charge in [-0.05, 0) is 37.5 Å². The van der Waals surface area contributed by atoms with Gasteiger partial charge in [-0.3, -0.25) is 0 Å². The molecule has 0 spiro atoms. The van der Waals surface area contributed by atoms with Gasteiger partial charge in [0, 0.05) is 31.5 Å². The highest BCUT2D eigenvalue weighted by Gasteiger charge is 2.38. The summed E-state index contributed by atoms with van der Waals surface area (Å²) in [4.78, 5) is 4.05. The van der Waals surface area contributed by atoms with Gasteiger partial charge < -0.3 is 9.88 Å². The van der Waals surface area contributed by atoms with E-state index in [-0.39, 0.29) is 0 Å². The lowest BCUT2D eigenvalue weighted by Crippen LogP contribution is -2.37. The van der Waals surface area contributed by atoms with E-state index in [2.05, 4.69) is 33.9 Å². The van der Waals surface area contributed by atoms with Gasteiger partial charge in [0.25, 0.3) is 0 Å². The summed E-state index contributed by atoms with van der Waals surface area (Å²) in [5, 5.41) is 3.67. The molecule has 0 aliphatic heterocycles. The second kappa shape index (κ2) is 4.65. The molecular formula is C14H21N3. The van der Waals surface area contributed by atoms with Crippen LogP contribution in [-0.4, -0.2) is 22.1 Å². The smallest absolute Gasteiger partial charge is 0.0946 e. The summed E-state index contributed by atoms with van der Waals surface area (Å²) in [6.45, 7) is 4.39. The van der Waals surface area contributed by atoms with Crippen molar-refractivity contribution < 1.29 is 0 Å². The monoisotopic (exact) mass is 231 g/mol. The van der Waals surface area contributed by atoms with Crippen LogP contribution in [0.1, 0.15) is 19.8 Å². The van der Waals surface area contributed by atoms with Gasteiger partial charge in [0.15, 0.2) is 0 Å². The van der Waals surface area contributed by atoms with E-state index < -0.39 is 0 Å². The fraction of sp³-hybridized carbons (Fsp3) is 0.643. The Balaban J connectivity index is 1.45. The highest BCUT2D eigenvalue weighted by molar-refractivity contribution is 5.11. The Labute approximate surface area is 103 Å². The van der Waals surface area contributed by atoms with Gasteiger partial charge in [0.1, 0.15) is 0 Å². The minimum atomic E-state index is 0.637. The number of aromatic nitrogens is 2. The Morgan fingerprint density at radius 1 is 1.41 bits per heavy atom. The SMILES string of the molecule is CC(NCCn1ccnc1)C1CC2C=CC1C2. The molecule has 17 heavy (non-hydrogen) atoms. The summed E-state index contributed by atoms with van der Waals surface area (Å²) >= 11 is 0. The van der Waals surface area contributed by atoms with E-state index in [0.29, 0.717) is 6.04 Å². The molecule has 1 heterocycles. The zero-order chi connectivity index (χ0) is 11.7. The largest absolute Gasteiger partial charge is 0.336 e. The van der Waals surface area contributed by atoms with Gasteiger partial charge in [-0.1, -0.05) is 12.2 Å². The van der Waals surface area contributed by atoms with Crippen molar-refractivity contribution >= 4 is 0 Å². The molecule has 4 atom stereocenters. The van der Waals surface area contributed by atoms with Crippen molar-refractivity contribution in [3.63, 3.8) is 0 Å². The molecule has 3 nitrogen and oxygen atoms in total.